The van der Waals surface area contributed by atoms with Crippen LogP contribution in [-0.2, 0) is 11.2 Å². The number of amides is 1. The van der Waals surface area contributed by atoms with E-state index in [1.165, 1.54) is 0 Å². The SMILES string of the molecule is C[Si](C)(C)CCOCN(C(=O)c1n[nH]c2cc(Br)ccc12)c1cn[nH]c1Cc1cccc(C#N)c1. The van der Waals surface area contributed by atoms with E-state index in [4.69, 9.17) is 4.74 Å². The molecule has 2 N–H and O–H groups in total. The van der Waals surface area contributed by atoms with Gasteiger partial charge in [-0.1, -0.05) is 47.7 Å². The zero-order chi connectivity index (χ0) is 25.0. The number of hydrogen-bond donors (Lipinski definition) is 2. The first-order chi connectivity index (χ1) is 16.7. The van der Waals surface area contributed by atoms with E-state index in [-0.39, 0.29) is 12.6 Å². The standard InChI is InChI=1S/C25H27BrN6O2Si/c1-35(2,3)10-9-34-16-32(25(33)24-20-8-7-19(26)13-21(20)30-31-24)23-15-28-29-22(23)12-17-5-4-6-18(11-17)14-27/h4-8,11,13,15H,9-10,12,16H2,1-3H3,(H,28,29)(H,30,31). The van der Waals surface area contributed by atoms with E-state index in [0.29, 0.717) is 30.0 Å². The lowest BCUT2D eigenvalue weighted by Gasteiger charge is -2.23. The van der Waals surface area contributed by atoms with Crippen LogP contribution in [0.3, 0.4) is 0 Å². The Morgan fingerprint density at radius 2 is 2.03 bits per heavy atom. The Morgan fingerprint density at radius 3 is 2.80 bits per heavy atom. The molecule has 0 atom stereocenters. The number of rotatable bonds is 9. The van der Waals surface area contributed by atoms with E-state index in [2.05, 4.69) is 62.0 Å². The van der Waals surface area contributed by atoms with Crippen LogP contribution in [0.1, 0.15) is 27.3 Å². The summed E-state index contributed by atoms with van der Waals surface area (Å²) in [6.45, 7) is 7.52. The van der Waals surface area contributed by atoms with Crippen molar-refractivity contribution in [3.05, 3.63) is 75.6 Å². The molecule has 35 heavy (non-hydrogen) atoms. The fourth-order valence-corrected chi connectivity index (χ4v) is 4.80. The molecule has 180 valence electrons. The number of nitriles is 1. The molecule has 0 spiro atoms. The molecule has 0 unspecified atom stereocenters. The van der Waals surface area contributed by atoms with Gasteiger partial charge in [0.15, 0.2) is 5.69 Å². The van der Waals surface area contributed by atoms with Crippen molar-refractivity contribution in [3.63, 3.8) is 0 Å². The van der Waals surface area contributed by atoms with Gasteiger partial charge in [-0.3, -0.25) is 19.9 Å². The maximum Gasteiger partial charge on any atom is 0.281 e. The van der Waals surface area contributed by atoms with Crippen molar-refractivity contribution in [2.75, 3.05) is 18.2 Å². The lowest BCUT2D eigenvalue weighted by molar-refractivity contribution is 0.0897. The van der Waals surface area contributed by atoms with E-state index in [9.17, 15) is 10.1 Å². The zero-order valence-electron chi connectivity index (χ0n) is 19.9. The summed E-state index contributed by atoms with van der Waals surface area (Å²) in [6, 6.07) is 16.2. The summed E-state index contributed by atoms with van der Waals surface area (Å²) < 4.78 is 6.90. The molecule has 0 saturated heterocycles. The van der Waals surface area contributed by atoms with Gasteiger partial charge >= 0.3 is 0 Å². The molecule has 0 bridgehead atoms. The van der Waals surface area contributed by atoms with Crippen molar-refractivity contribution in [1.29, 1.82) is 5.26 Å². The monoisotopic (exact) mass is 550 g/mol. The van der Waals surface area contributed by atoms with Crippen molar-refractivity contribution in [2.24, 2.45) is 0 Å². The quantitative estimate of drug-likeness (QED) is 0.163. The van der Waals surface area contributed by atoms with Crippen LogP contribution in [0.25, 0.3) is 10.9 Å². The fraction of sp³-hybridized carbons (Fsp3) is 0.280. The summed E-state index contributed by atoms with van der Waals surface area (Å²) in [5, 5.41) is 24.5. The van der Waals surface area contributed by atoms with Crippen LogP contribution in [-0.4, -0.2) is 47.7 Å². The molecule has 10 heteroatoms. The second kappa shape index (κ2) is 10.6. The highest BCUT2D eigenvalue weighted by Crippen LogP contribution is 2.27. The highest BCUT2D eigenvalue weighted by atomic mass is 79.9. The van der Waals surface area contributed by atoms with E-state index in [1.54, 1.807) is 17.2 Å². The maximum absolute atomic E-state index is 13.8. The lowest BCUT2D eigenvalue weighted by Crippen LogP contribution is -2.35. The minimum Gasteiger partial charge on any atom is -0.361 e. The number of hydrogen-bond acceptors (Lipinski definition) is 5. The number of halogens is 1. The van der Waals surface area contributed by atoms with Gasteiger partial charge in [-0.25, -0.2) is 0 Å². The minimum absolute atomic E-state index is 0.0823. The molecule has 2 aromatic carbocycles. The molecular weight excluding hydrogens is 524 g/mol. The number of H-pyrrole nitrogens is 2. The maximum atomic E-state index is 13.8. The van der Waals surface area contributed by atoms with Crippen LogP contribution in [0.5, 0.6) is 0 Å². The minimum atomic E-state index is -1.28. The Morgan fingerprint density at radius 1 is 1.20 bits per heavy atom. The topological polar surface area (TPSA) is 111 Å². The first-order valence-corrected chi connectivity index (χ1v) is 15.8. The lowest BCUT2D eigenvalue weighted by atomic mass is 10.1. The molecule has 0 aliphatic rings. The van der Waals surface area contributed by atoms with Gasteiger partial charge < -0.3 is 4.74 Å². The van der Waals surface area contributed by atoms with Gasteiger partial charge in [0, 0.05) is 31.0 Å². The Hall–Kier alpha value is -3.26. The van der Waals surface area contributed by atoms with Crippen molar-refractivity contribution >= 4 is 46.5 Å². The molecule has 0 aliphatic heterocycles. The number of aromatic amines is 2. The average Bonchev–Trinajstić information content (AvgIpc) is 3.44. The smallest absolute Gasteiger partial charge is 0.281 e. The number of aromatic nitrogens is 4. The Balaban J connectivity index is 1.65. The Labute approximate surface area is 213 Å². The van der Waals surface area contributed by atoms with Gasteiger partial charge in [0.05, 0.1) is 34.7 Å². The predicted octanol–water partition coefficient (Wildman–Crippen LogP) is 5.47. The number of ether oxygens (including phenoxy) is 1. The van der Waals surface area contributed by atoms with Crippen molar-refractivity contribution in [2.45, 2.75) is 32.1 Å². The van der Waals surface area contributed by atoms with Gasteiger partial charge in [-0.15, -0.1) is 0 Å². The van der Waals surface area contributed by atoms with Crippen LogP contribution >= 0.6 is 15.9 Å². The highest BCUT2D eigenvalue weighted by molar-refractivity contribution is 9.10. The van der Waals surface area contributed by atoms with Gasteiger partial charge in [0.1, 0.15) is 6.73 Å². The number of nitrogens with one attached hydrogen (secondary N) is 2. The molecular formula is C25H27BrN6O2Si. The molecule has 2 aromatic heterocycles. The zero-order valence-corrected chi connectivity index (χ0v) is 22.5. The van der Waals surface area contributed by atoms with Crippen molar-refractivity contribution < 1.29 is 9.53 Å². The molecule has 4 aromatic rings. The van der Waals surface area contributed by atoms with Crippen LogP contribution in [0.2, 0.25) is 25.7 Å². The van der Waals surface area contributed by atoms with Gasteiger partial charge in [-0.05, 0) is 41.9 Å². The van der Waals surface area contributed by atoms with Crippen LogP contribution in [0.4, 0.5) is 5.69 Å². The van der Waals surface area contributed by atoms with Gasteiger partial charge in [0.25, 0.3) is 5.91 Å². The number of anilines is 1. The summed E-state index contributed by atoms with van der Waals surface area (Å²) >= 11 is 3.46. The number of benzene rings is 2. The van der Waals surface area contributed by atoms with Crippen molar-refractivity contribution in [1.82, 2.24) is 20.4 Å². The highest BCUT2D eigenvalue weighted by Gasteiger charge is 2.26. The molecule has 1 amide bonds. The fourth-order valence-electron chi connectivity index (χ4n) is 3.68. The molecule has 8 nitrogen and oxygen atoms in total. The van der Waals surface area contributed by atoms with Crippen LogP contribution in [0, 0.1) is 11.3 Å². The Bertz CT molecular complexity index is 1380. The molecule has 4 rings (SSSR count). The van der Waals surface area contributed by atoms with E-state index >= 15 is 0 Å². The number of carbonyl (C=O) groups excluding carboxylic acids is 1. The summed E-state index contributed by atoms with van der Waals surface area (Å²) in [5.41, 5.74) is 3.99. The molecule has 0 aliphatic carbocycles. The van der Waals surface area contributed by atoms with Gasteiger partial charge in [-0.2, -0.15) is 15.5 Å². The van der Waals surface area contributed by atoms with E-state index < -0.39 is 8.07 Å². The second-order valence-corrected chi connectivity index (χ2v) is 16.1. The molecule has 0 radical (unpaired) electrons. The van der Waals surface area contributed by atoms with Crippen molar-refractivity contribution in [3.8, 4) is 6.07 Å². The Kier molecular flexibility index (Phi) is 7.50. The third-order valence-electron chi connectivity index (χ3n) is 5.61. The predicted molar refractivity (Wildman–Crippen MR) is 142 cm³/mol. The number of nitrogens with zero attached hydrogens (tertiary/aromatic N) is 4. The molecule has 0 fully saturated rings. The van der Waals surface area contributed by atoms with E-state index in [1.807, 2.05) is 36.4 Å². The molecule has 2 heterocycles. The second-order valence-electron chi connectivity index (χ2n) is 9.57. The number of carbonyl (C=O) groups is 1. The van der Waals surface area contributed by atoms with Gasteiger partial charge in [0.2, 0.25) is 0 Å². The first-order valence-electron chi connectivity index (χ1n) is 11.3. The third-order valence-corrected chi connectivity index (χ3v) is 7.81. The normalized spacial score (nSPS) is 11.5. The summed E-state index contributed by atoms with van der Waals surface area (Å²) in [4.78, 5) is 15.4. The van der Waals surface area contributed by atoms with E-state index in [0.717, 1.165) is 32.7 Å². The summed E-state index contributed by atoms with van der Waals surface area (Å²) in [6.07, 6.45) is 2.12. The summed E-state index contributed by atoms with van der Waals surface area (Å²) in [5.74, 6) is -0.278. The summed E-state index contributed by atoms with van der Waals surface area (Å²) in [7, 11) is -1.28. The third kappa shape index (κ3) is 6.06. The van der Waals surface area contributed by atoms with Crippen LogP contribution < -0.4 is 4.90 Å². The van der Waals surface area contributed by atoms with Crippen LogP contribution in [0.15, 0.2) is 53.1 Å². The largest absolute Gasteiger partial charge is 0.361 e. The average molecular weight is 552 g/mol. The first kappa shape index (κ1) is 24.8. The number of fused-ring (bicyclic) bond motifs is 1. The molecule has 0 saturated carbocycles.